The van der Waals surface area contributed by atoms with Gasteiger partial charge in [-0.2, -0.15) is 0 Å². The summed E-state index contributed by atoms with van der Waals surface area (Å²) in [4.78, 5) is 10.3. The van der Waals surface area contributed by atoms with E-state index >= 15 is 0 Å². The first-order chi connectivity index (χ1) is 9.66. The largest absolute Gasteiger partial charge is 0.312 e. The first-order valence-electron chi connectivity index (χ1n) is 6.65. The molecule has 2 rings (SSSR count). The van der Waals surface area contributed by atoms with Gasteiger partial charge in [0, 0.05) is 18.7 Å². The number of aryl methyl sites for hydroxylation is 1. The Balaban J connectivity index is 1.83. The lowest BCUT2D eigenvalue weighted by molar-refractivity contribution is -0.384. The molecule has 2 aromatic rings. The highest BCUT2D eigenvalue weighted by Crippen LogP contribution is 2.13. The maximum absolute atomic E-state index is 10.7. The van der Waals surface area contributed by atoms with Crippen LogP contribution < -0.4 is 5.32 Å². The van der Waals surface area contributed by atoms with E-state index in [1.54, 1.807) is 12.1 Å². The molecule has 0 heterocycles. The molecule has 0 aliphatic heterocycles. The molecular weight excluding hydrogens is 252 g/mol. The molecule has 0 amide bonds. The van der Waals surface area contributed by atoms with Gasteiger partial charge in [-0.3, -0.25) is 10.1 Å². The third-order valence-electron chi connectivity index (χ3n) is 3.28. The molecule has 0 saturated heterocycles. The molecule has 0 radical (unpaired) electrons. The second-order valence-electron chi connectivity index (χ2n) is 4.78. The molecule has 104 valence electrons. The molecule has 2 aromatic carbocycles. The molecule has 0 saturated carbocycles. The van der Waals surface area contributed by atoms with Crippen LogP contribution in [-0.2, 0) is 13.0 Å². The molecular formula is C16H18N2O2. The van der Waals surface area contributed by atoms with Gasteiger partial charge in [0.1, 0.15) is 0 Å². The van der Waals surface area contributed by atoms with Crippen molar-refractivity contribution in [2.24, 2.45) is 0 Å². The number of nitrogens with one attached hydrogen (secondary N) is 1. The fourth-order valence-electron chi connectivity index (χ4n) is 2.13. The number of non-ortho nitro benzene ring substituents is 1. The predicted octanol–water partition coefficient (Wildman–Crippen LogP) is 3.24. The summed E-state index contributed by atoms with van der Waals surface area (Å²) in [5, 5.41) is 14.0. The van der Waals surface area contributed by atoms with Gasteiger partial charge < -0.3 is 5.32 Å². The smallest absolute Gasteiger partial charge is 0.269 e. The highest BCUT2D eigenvalue weighted by molar-refractivity contribution is 5.34. The van der Waals surface area contributed by atoms with E-state index in [0.29, 0.717) is 6.54 Å². The quantitative estimate of drug-likeness (QED) is 0.498. The van der Waals surface area contributed by atoms with E-state index < -0.39 is 0 Å². The summed E-state index contributed by atoms with van der Waals surface area (Å²) in [5.41, 5.74) is 3.70. The van der Waals surface area contributed by atoms with Crippen molar-refractivity contribution in [1.82, 2.24) is 5.32 Å². The van der Waals surface area contributed by atoms with Crippen molar-refractivity contribution in [1.29, 1.82) is 0 Å². The van der Waals surface area contributed by atoms with Crippen molar-refractivity contribution >= 4 is 5.69 Å². The van der Waals surface area contributed by atoms with Crippen LogP contribution in [0.1, 0.15) is 16.7 Å². The SMILES string of the molecule is Cc1ccccc1CCNCc1cccc([N+](=O)[O-])c1. The zero-order valence-electron chi connectivity index (χ0n) is 11.5. The average Bonchev–Trinajstić information content (AvgIpc) is 2.45. The summed E-state index contributed by atoms with van der Waals surface area (Å²) in [6.07, 6.45) is 0.960. The first kappa shape index (κ1) is 14.2. The summed E-state index contributed by atoms with van der Waals surface area (Å²) in [6.45, 7) is 3.61. The van der Waals surface area contributed by atoms with Gasteiger partial charge in [-0.1, -0.05) is 36.4 Å². The lowest BCUT2D eigenvalue weighted by atomic mass is 10.1. The van der Waals surface area contributed by atoms with E-state index in [-0.39, 0.29) is 10.6 Å². The Morgan fingerprint density at radius 2 is 1.95 bits per heavy atom. The van der Waals surface area contributed by atoms with Gasteiger partial charge in [-0.15, -0.1) is 0 Å². The predicted molar refractivity (Wildman–Crippen MR) is 79.7 cm³/mol. The number of nitro groups is 1. The summed E-state index contributed by atoms with van der Waals surface area (Å²) < 4.78 is 0. The number of benzene rings is 2. The molecule has 4 nitrogen and oxygen atoms in total. The van der Waals surface area contributed by atoms with Crippen molar-refractivity contribution in [2.45, 2.75) is 19.9 Å². The first-order valence-corrected chi connectivity index (χ1v) is 6.65. The lowest BCUT2D eigenvalue weighted by Gasteiger charge is -2.07. The van der Waals surface area contributed by atoms with Crippen molar-refractivity contribution in [3.63, 3.8) is 0 Å². The van der Waals surface area contributed by atoms with Crippen LogP contribution in [0.4, 0.5) is 5.69 Å². The Morgan fingerprint density at radius 3 is 2.70 bits per heavy atom. The third kappa shape index (κ3) is 3.90. The lowest BCUT2D eigenvalue weighted by Crippen LogP contribution is -2.17. The Labute approximate surface area is 118 Å². The van der Waals surface area contributed by atoms with E-state index in [1.165, 1.54) is 17.2 Å². The van der Waals surface area contributed by atoms with Crippen LogP contribution in [0.25, 0.3) is 0 Å². The second kappa shape index (κ2) is 6.82. The van der Waals surface area contributed by atoms with Crippen LogP contribution in [-0.4, -0.2) is 11.5 Å². The van der Waals surface area contributed by atoms with E-state index in [1.807, 2.05) is 18.2 Å². The van der Waals surface area contributed by atoms with Crippen LogP contribution >= 0.6 is 0 Å². The molecule has 0 unspecified atom stereocenters. The van der Waals surface area contributed by atoms with Crippen LogP contribution in [0.3, 0.4) is 0 Å². The van der Waals surface area contributed by atoms with E-state index in [2.05, 4.69) is 24.4 Å². The average molecular weight is 270 g/mol. The van der Waals surface area contributed by atoms with Gasteiger partial charge in [-0.05, 0) is 36.6 Å². The fourth-order valence-corrected chi connectivity index (χ4v) is 2.13. The normalized spacial score (nSPS) is 10.4. The zero-order valence-corrected chi connectivity index (χ0v) is 11.5. The Hall–Kier alpha value is -2.20. The van der Waals surface area contributed by atoms with Gasteiger partial charge in [-0.25, -0.2) is 0 Å². The van der Waals surface area contributed by atoms with Crippen molar-refractivity contribution in [3.05, 3.63) is 75.3 Å². The molecule has 1 N–H and O–H groups in total. The molecule has 0 aliphatic carbocycles. The topological polar surface area (TPSA) is 55.2 Å². The summed E-state index contributed by atoms with van der Waals surface area (Å²) in [7, 11) is 0. The maximum Gasteiger partial charge on any atom is 0.269 e. The third-order valence-corrected chi connectivity index (χ3v) is 3.28. The van der Waals surface area contributed by atoms with Crippen LogP contribution in [0.5, 0.6) is 0 Å². The standard InChI is InChI=1S/C16H18N2O2/c1-13-5-2-3-7-15(13)9-10-17-12-14-6-4-8-16(11-14)18(19)20/h2-8,11,17H,9-10,12H2,1H3. The Bertz CT molecular complexity index is 597. The monoisotopic (exact) mass is 270 g/mol. The number of hydrogen-bond acceptors (Lipinski definition) is 3. The highest BCUT2D eigenvalue weighted by Gasteiger charge is 2.05. The van der Waals surface area contributed by atoms with E-state index in [9.17, 15) is 10.1 Å². The molecule has 20 heavy (non-hydrogen) atoms. The summed E-state index contributed by atoms with van der Waals surface area (Å²) >= 11 is 0. The van der Waals surface area contributed by atoms with Gasteiger partial charge in [0.15, 0.2) is 0 Å². The minimum absolute atomic E-state index is 0.142. The molecule has 0 bridgehead atoms. The van der Waals surface area contributed by atoms with Crippen LogP contribution in [0.2, 0.25) is 0 Å². The van der Waals surface area contributed by atoms with Gasteiger partial charge >= 0.3 is 0 Å². The van der Waals surface area contributed by atoms with Gasteiger partial charge in [0.2, 0.25) is 0 Å². The van der Waals surface area contributed by atoms with Crippen LogP contribution in [0, 0.1) is 17.0 Å². The highest BCUT2D eigenvalue weighted by atomic mass is 16.6. The minimum atomic E-state index is -0.364. The summed E-state index contributed by atoms with van der Waals surface area (Å²) in [5.74, 6) is 0. The van der Waals surface area contributed by atoms with Crippen molar-refractivity contribution < 1.29 is 4.92 Å². The zero-order chi connectivity index (χ0) is 14.4. The summed E-state index contributed by atoms with van der Waals surface area (Å²) in [6, 6.07) is 15.1. The molecule has 4 heteroatoms. The fraction of sp³-hybridized carbons (Fsp3) is 0.250. The van der Waals surface area contributed by atoms with Gasteiger partial charge in [0.05, 0.1) is 4.92 Å². The number of rotatable bonds is 6. The Kier molecular flexibility index (Phi) is 4.85. The number of nitro benzene ring substituents is 1. The molecule has 0 atom stereocenters. The maximum atomic E-state index is 10.7. The van der Waals surface area contributed by atoms with E-state index in [0.717, 1.165) is 18.5 Å². The molecule has 0 spiro atoms. The molecule has 0 fully saturated rings. The van der Waals surface area contributed by atoms with Gasteiger partial charge in [0.25, 0.3) is 5.69 Å². The second-order valence-corrected chi connectivity index (χ2v) is 4.78. The molecule has 0 aliphatic rings. The minimum Gasteiger partial charge on any atom is -0.312 e. The number of hydrogen-bond donors (Lipinski definition) is 1. The molecule has 0 aromatic heterocycles. The van der Waals surface area contributed by atoms with Crippen molar-refractivity contribution in [2.75, 3.05) is 6.54 Å². The van der Waals surface area contributed by atoms with Crippen LogP contribution in [0.15, 0.2) is 48.5 Å². The van der Waals surface area contributed by atoms with E-state index in [4.69, 9.17) is 0 Å². The number of nitrogens with zero attached hydrogens (tertiary/aromatic N) is 1. The van der Waals surface area contributed by atoms with Crippen molar-refractivity contribution in [3.8, 4) is 0 Å². The Morgan fingerprint density at radius 1 is 1.15 bits per heavy atom.